The van der Waals surface area contributed by atoms with E-state index < -0.39 is 15.7 Å². The molecule has 0 unspecified atom stereocenters. The SMILES string of the molecule is O=C(CCS(=O)(=O)c1ccccc1)Nc1ccc2c(c1)C(=O)NCC2. The summed E-state index contributed by atoms with van der Waals surface area (Å²) in [4.78, 5) is 24.1. The van der Waals surface area contributed by atoms with Crippen LogP contribution in [0.5, 0.6) is 0 Å². The lowest BCUT2D eigenvalue weighted by Crippen LogP contribution is -2.31. The molecule has 0 bridgehead atoms. The molecule has 0 atom stereocenters. The monoisotopic (exact) mass is 358 g/mol. The average Bonchev–Trinajstić information content (AvgIpc) is 2.62. The van der Waals surface area contributed by atoms with Crippen molar-refractivity contribution >= 4 is 27.3 Å². The van der Waals surface area contributed by atoms with Crippen LogP contribution >= 0.6 is 0 Å². The molecule has 0 radical (unpaired) electrons. The van der Waals surface area contributed by atoms with Crippen molar-refractivity contribution in [2.45, 2.75) is 17.7 Å². The van der Waals surface area contributed by atoms with Gasteiger partial charge in [-0.25, -0.2) is 8.42 Å². The molecule has 2 aromatic carbocycles. The standard InChI is InChI=1S/C18H18N2O4S/c21-17(9-11-25(23,24)15-4-2-1-3-5-15)20-14-7-6-13-8-10-19-18(22)16(13)12-14/h1-7,12H,8-11H2,(H,19,22)(H,20,21). The van der Waals surface area contributed by atoms with Gasteiger partial charge in [0.1, 0.15) is 0 Å². The van der Waals surface area contributed by atoms with E-state index >= 15 is 0 Å². The topological polar surface area (TPSA) is 92.3 Å². The second-order valence-corrected chi connectivity index (χ2v) is 7.92. The number of carbonyl (C=O) groups excluding carboxylic acids is 2. The number of anilines is 1. The number of hydrogen-bond acceptors (Lipinski definition) is 4. The minimum atomic E-state index is -3.50. The molecule has 0 saturated carbocycles. The number of benzene rings is 2. The van der Waals surface area contributed by atoms with E-state index in [0.29, 0.717) is 17.8 Å². The van der Waals surface area contributed by atoms with Crippen molar-refractivity contribution in [3.63, 3.8) is 0 Å². The first-order valence-corrected chi connectivity index (χ1v) is 9.60. The minimum Gasteiger partial charge on any atom is -0.352 e. The summed E-state index contributed by atoms with van der Waals surface area (Å²) in [6, 6.07) is 13.2. The van der Waals surface area contributed by atoms with E-state index in [1.807, 2.05) is 6.07 Å². The van der Waals surface area contributed by atoms with E-state index in [1.54, 1.807) is 30.3 Å². The molecular weight excluding hydrogens is 340 g/mol. The third-order valence-corrected chi connectivity index (χ3v) is 5.75. The van der Waals surface area contributed by atoms with Gasteiger partial charge in [-0.1, -0.05) is 24.3 Å². The summed E-state index contributed by atoms with van der Waals surface area (Å²) in [6.45, 7) is 0.606. The quantitative estimate of drug-likeness (QED) is 0.852. The highest BCUT2D eigenvalue weighted by atomic mass is 32.2. The number of amides is 2. The molecule has 1 aliphatic rings. The molecule has 6 nitrogen and oxygen atoms in total. The maximum absolute atomic E-state index is 12.2. The first-order valence-electron chi connectivity index (χ1n) is 7.94. The van der Waals surface area contributed by atoms with E-state index in [-0.39, 0.29) is 23.0 Å². The predicted octanol–water partition coefficient (Wildman–Crippen LogP) is 1.78. The zero-order valence-electron chi connectivity index (χ0n) is 13.5. The number of rotatable bonds is 5. The first kappa shape index (κ1) is 17.2. The van der Waals surface area contributed by atoms with Crippen LogP contribution in [0.2, 0.25) is 0 Å². The third kappa shape index (κ3) is 4.06. The van der Waals surface area contributed by atoms with Crippen LogP contribution in [0.25, 0.3) is 0 Å². The van der Waals surface area contributed by atoms with Crippen LogP contribution in [0.3, 0.4) is 0 Å². The molecule has 0 aromatic heterocycles. The Hall–Kier alpha value is -2.67. The van der Waals surface area contributed by atoms with E-state index in [2.05, 4.69) is 10.6 Å². The summed E-state index contributed by atoms with van der Waals surface area (Å²) in [5, 5.41) is 5.40. The number of carbonyl (C=O) groups is 2. The Bertz CT molecular complexity index is 908. The Balaban J connectivity index is 1.64. The van der Waals surface area contributed by atoms with Gasteiger partial charge in [-0.05, 0) is 36.2 Å². The highest BCUT2D eigenvalue weighted by Gasteiger charge is 2.18. The summed E-state index contributed by atoms with van der Waals surface area (Å²) < 4.78 is 24.4. The van der Waals surface area contributed by atoms with E-state index in [4.69, 9.17) is 0 Å². The fourth-order valence-corrected chi connectivity index (χ4v) is 3.95. The van der Waals surface area contributed by atoms with Crippen LogP contribution < -0.4 is 10.6 Å². The van der Waals surface area contributed by atoms with Crippen molar-refractivity contribution in [1.82, 2.24) is 5.32 Å². The predicted molar refractivity (Wildman–Crippen MR) is 94.2 cm³/mol. The highest BCUT2D eigenvalue weighted by molar-refractivity contribution is 7.91. The Morgan fingerprint density at radius 1 is 1.12 bits per heavy atom. The van der Waals surface area contributed by atoms with Crippen LogP contribution in [0, 0.1) is 0 Å². The van der Waals surface area contributed by atoms with Crippen LogP contribution in [-0.4, -0.2) is 32.5 Å². The largest absolute Gasteiger partial charge is 0.352 e. The highest BCUT2D eigenvalue weighted by Crippen LogP contribution is 2.19. The molecule has 2 N–H and O–H groups in total. The number of hydrogen-bond donors (Lipinski definition) is 2. The summed E-state index contributed by atoms with van der Waals surface area (Å²) in [7, 11) is -3.50. The Morgan fingerprint density at radius 3 is 2.64 bits per heavy atom. The van der Waals surface area contributed by atoms with Crippen molar-refractivity contribution < 1.29 is 18.0 Å². The van der Waals surface area contributed by atoms with Gasteiger partial charge in [0.2, 0.25) is 5.91 Å². The van der Waals surface area contributed by atoms with Crippen LogP contribution in [0.4, 0.5) is 5.69 Å². The molecule has 2 amide bonds. The van der Waals surface area contributed by atoms with Gasteiger partial charge in [0.15, 0.2) is 9.84 Å². The molecule has 130 valence electrons. The van der Waals surface area contributed by atoms with Crippen LogP contribution in [0.15, 0.2) is 53.4 Å². The number of sulfone groups is 1. The maximum Gasteiger partial charge on any atom is 0.251 e. The number of nitrogens with one attached hydrogen (secondary N) is 2. The first-order chi connectivity index (χ1) is 12.0. The van der Waals surface area contributed by atoms with E-state index in [0.717, 1.165) is 12.0 Å². The molecule has 1 heterocycles. The molecule has 0 saturated heterocycles. The minimum absolute atomic E-state index is 0.152. The number of fused-ring (bicyclic) bond motifs is 1. The Kier molecular flexibility index (Phi) is 4.85. The Labute approximate surface area is 146 Å². The van der Waals surface area contributed by atoms with E-state index in [9.17, 15) is 18.0 Å². The van der Waals surface area contributed by atoms with Crippen LogP contribution in [-0.2, 0) is 21.1 Å². The summed E-state index contributed by atoms with van der Waals surface area (Å²) in [6.07, 6.45) is 0.602. The van der Waals surface area contributed by atoms with Gasteiger partial charge in [-0.3, -0.25) is 9.59 Å². The van der Waals surface area contributed by atoms with Gasteiger partial charge < -0.3 is 10.6 Å². The maximum atomic E-state index is 12.2. The smallest absolute Gasteiger partial charge is 0.251 e. The van der Waals surface area contributed by atoms with Crippen LogP contribution in [0.1, 0.15) is 22.3 Å². The fraction of sp³-hybridized carbons (Fsp3) is 0.222. The zero-order valence-corrected chi connectivity index (χ0v) is 14.3. The molecule has 7 heteroatoms. The lowest BCUT2D eigenvalue weighted by atomic mass is 10.00. The van der Waals surface area contributed by atoms with Crippen molar-refractivity contribution in [1.29, 1.82) is 0 Å². The Morgan fingerprint density at radius 2 is 1.88 bits per heavy atom. The molecule has 0 spiro atoms. The normalized spacial score (nSPS) is 13.7. The summed E-state index contributed by atoms with van der Waals surface area (Å²) in [5.74, 6) is -0.839. The second kappa shape index (κ2) is 7.06. The lowest BCUT2D eigenvalue weighted by Gasteiger charge is -2.17. The summed E-state index contributed by atoms with van der Waals surface area (Å²) >= 11 is 0. The van der Waals surface area contributed by atoms with Crippen molar-refractivity contribution in [3.8, 4) is 0 Å². The fourth-order valence-electron chi connectivity index (χ4n) is 2.69. The van der Waals surface area contributed by atoms with Gasteiger partial charge in [0, 0.05) is 24.2 Å². The second-order valence-electron chi connectivity index (χ2n) is 5.81. The van der Waals surface area contributed by atoms with E-state index in [1.165, 1.54) is 12.1 Å². The molecule has 0 aliphatic carbocycles. The molecule has 2 aromatic rings. The van der Waals surface area contributed by atoms with Gasteiger partial charge in [0.25, 0.3) is 5.91 Å². The molecule has 25 heavy (non-hydrogen) atoms. The van der Waals surface area contributed by atoms with Crippen molar-refractivity contribution in [3.05, 3.63) is 59.7 Å². The van der Waals surface area contributed by atoms with Gasteiger partial charge in [0.05, 0.1) is 10.6 Å². The zero-order chi connectivity index (χ0) is 17.9. The molecule has 0 fully saturated rings. The van der Waals surface area contributed by atoms with Gasteiger partial charge in [-0.15, -0.1) is 0 Å². The third-order valence-electron chi connectivity index (χ3n) is 4.02. The summed E-state index contributed by atoms with van der Waals surface area (Å²) in [5.41, 5.74) is 1.97. The average molecular weight is 358 g/mol. The molecule has 3 rings (SSSR count). The molecule has 1 aliphatic heterocycles. The van der Waals surface area contributed by atoms with Gasteiger partial charge >= 0.3 is 0 Å². The van der Waals surface area contributed by atoms with Gasteiger partial charge in [-0.2, -0.15) is 0 Å². The lowest BCUT2D eigenvalue weighted by molar-refractivity contribution is -0.115. The van der Waals surface area contributed by atoms with Crippen molar-refractivity contribution in [2.24, 2.45) is 0 Å². The molecular formula is C18H18N2O4S. The van der Waals surface area contributed by atoms with Crippen molar-refractivity contribution in [2.75, 3.05) is 17.6 Å².